The number of ether oxygens (including phenoxy) is 2. The summed E-state index contributed by atoms with van der Waals surface area (Å²) in [7, 11) is 1.60. The van der Waals surface area contributed by atoms with Crippen LogP contribution in [0.1, 0.15) is 15.9 Å². The van der Waals surface area contributed by atoms with Crippen LogP contribution in [0.2, 0.25) is 0 Å². The molecule has 0 N–H and O–H groups in total. The number of benzene rings is 4. The van der Waals surface area contributed by atoms with Crippen molar-refractivity contribution in [3.05, 3.63) is 126 Å². The highest BCUT2D eigenvalue weighted by Gasteiger charge is 2.20. The van der Waals surface area contributed by atoms with Gasteiger partial charge >= 0.3 is 6.09 Å². The molecule has 0 saturated carbocycles. The van der Waals surface area contributed by atoms with Crippen molar-refractivity contribution in [3.63, 3.8) is 0 Å². The predicted molar refractivity (Wildman–Crippen MR) is 134 cm³/mol. The first-order valence-corrected chi connectivity index (χ1v) is 10.7. The summed E-state index contributed by atoms with van der Waals surface area (Å²) in [6, 6.07) is 32.5. The molecule has 5 heteroatoms. The van der Waals surface area contributed by atoms with Crippen LogP contribution in [0.4, 0.5) is 16.2 Å². The molecule has 4 aromatic carbocycles. The van der Waals surface area contributed by atoms with Crippen molar-refractivity contribution in [2.75, 3.05) is 12.0 Å². The molecule has 0 unspecified atom stereocenters. The van der Waals surface area contributed by atoms with Crippen molar-refractivity contribution in [1.82, 2.24) is 0 Å². The molecule has 0 spiro atoms. The Labute approximate surface area is 198 Å². The molecule has 0 aromatic heterocycles. The minimum absolute atomic E-state index is 0.157. The van der Waals surface area contributed by atoms with Crippen LogP contribution in [-0.4, -0.2) is 19.0 Å². The number of nitrogens with zero attached hydrogens (tertiary/aromatic N) is 1. The fourth-order valence-corrected chi connectivity index (χ4v) is 3.36. The summed E-state index contributed by atoms with van der Waals surface area (Å²) in [6.45, 7) is 0. The van der Waals surface area contributed by atoms with Gasteiger partial charge < -0.3 is 9.47 Å². The van der Waals surface area contributed by atoms with E-state index in [1.165, 1.54) is 11.0 Å². The first kappa shape index (κ1) is 22.6. The molecule has 0 aliphatic carbocycles. The number of anilines is 2. The average molecular weight is 450 g/mol. The highest BCUT2D eigenvalue weighted by molar-refractivity contribution is 6.07. The Balaban J connectivity index is 1.47. The first-order valence-electron chi connectivity index (χ1n) is 10.7. The van der Waals surface area contributed by atoms with Crippen molar-refractivity contribution >= 4 is 29.3 Å². The van der Waals surface area contributed by atoms with Crippen molar-refractivity contribution in [2.45, 2.75) is 0 Å². The molecule has 0 radical (unpaired) electrons. The minimum Gasteiger partial charge on any atom is -0.497 e. The van der Waals surface area contributed by atoms with E-state index >= 15 is 0 Å². The Morgan fingerprint density at radius 1 is 0.706 bits per heavy atom. The molecule has 0 atom stereocenters. The SMILES string of the molecule is COc1cccc(/C=C/C(=O)c2ccc(OC(=O)N(c3ccccc3)c3ccccc3)cc2)c1. The third-order valence-electron chi connectivity index (χ3n) is 5.08. The van der Waals surface area contributed by atoms with Gasteiger partial charge in [0.15, 0.2) is 5.78 Å². The van der Waals surface area contributed by atoms with E-state index in [9.17, 15) is 9.59 Å². The second-order valence-electron chi connectivity index (χ2n) is 7.37. The van der Waals surface area contributed by atoms with Gasteiger partial charge in [0.2, 0.25) is 0 Å². The molecule has 1 amide bonds. The van der Waals surface area contributed by atoms with Crippen LogP contribution >= 0.6 is 0 Å². The molecule has 4 aromatic rings. The summed E-state index contributed by atoms with van der Waals surface area (Å²) in [6.07, 6.45) is 2.69. The maximum atomic E-state index is 13.1. The van der Waals surface area contributed by atoms with E-state index < -0.39 is 6.09 Å². The molecule has 0 bridgehead atoms. The van der Waals surface area contributed by atoms with Crippen LogP contribution < -0.4 is 14.4 Å². The van der Waals surface area contributed by atoms with Gasteiger partial charge in [0.05, 0.1) is 18.5 Å². The zero-order chi connectivity index (χ0) is 23.8. The fourth-order valence-electron chi connectivity index (χ4n) is 3.36. The zero-order valence-corrected chi connectivity index (χ0v) is 18.6. The van der Waals surface area contributed by atoms with Gasteiger partial charge in [0.1, 0.15) is 11.5 Å². The largest absolute Gasteiger partial charge is 0.497 e. The number of carbonyl (C=O) groups excluding carboxylic acids is 2. The van der Waals surface area contributed by atoms with E-state index in [1.807, 2.05) is 84.9 Å². The lowest BCUT2D eigenvalue weighted by molar-refractivity contribution is 0.104. The summed E-state index contributed by atoms with van der Waals surface area (Å²) < 4.78 is 10.8. The molecule has 4 rings (SSSR count). The van der Waals surface area contributed by atoms with Crippen LogP contribution in [0.5, 0.6) is 11.5 Å². The number of hydrogen-bond acceptors (Lipinski definition) is 4. The Morgan fingerprint density at radius 2 is 1.32 bits per heavy atom. The molecule has 0 saturated heterocycles. The van der Waals surface area contributed by atoms with E-state index in [-0.39, 0.29) is 5.78 Å². The average Bonchev–Trinajstić information content (AvgIpc) is 2.89. The first-order chi connectivity index (χ1) is 16.6. The maximum Gasteiger partial charge on any atom is 0.424 e. The van der Waals surface area contributed by atoms with E-state index in [0.29, 0.717) is 22.7 Å². The summed E-state index contributed by atoms with van der Waals surface area (Å²) in [5.41, 5.74) is 2.73. The number of amides is 1. The van der Waals surface area contributed by atoms with Crippen molar-refractivity contribution in [3.8, 4) is 11.5 Å². The second kappa shape index (κ2) is 10.8. The van der Waals surface area contributed by atoms with Gasteiger partial charge in [-0.05, 0) is 72.3 Å². The minimum atomic E-state index is -0.547. The number of methoxy groups -OCH3 is 1. The Hall–Kier alpha value is -4.64. The van der Waals surface area contributed by atoms with Crippen molar-refractivity contribution < 1.29 is 19.1 Å². The summed E-state index contributed by atoms with van der Waals surface area (Å²) in [4.78, 5) is 27.1. The number of allylic oxidation sites excluding steroid dienone is 1. The monoisotopic (exact) mass is 449 g/mol. The lowest BCUT2D eigenvalue weighted by Gasteiger charge is -2.22. The third kappa shape index (κ3) is 5.58. The van der Waals surface area contributed by atoms with E-state index in [2.05, 4.69) is 0 Å². The zero-order valence-electron chi connectivity index (χ0n) is 18.6. The molecule has 0 aliphatic rings. The van der Waals surface area contributed by atoms with Crippen molar-refractivity contribution in [1.29, 1.82) is 0 Å². The van der Waals surface area contributed by atoms with Gasteiger partial charge in [-0.1, -0.05) is 54.6 Å². The maximum absolute atomic E-state index is 13.1. The van der Waals surface area contributed by atoms with Gasteiger partial charge in [-0.25, -0.2) is 9.69 Å². The predicted octanol–water partition coefficient (Wildman–Crippen LogP) is 6.93. The van der Waals surface area contributed by atoms with Gasteiger partial charge in [0, 0.05) is 5.56 Å². The molecule has 0 heterocycles. The topological polar surface area (TPSA) is 55.8 Å². The number of ketones is 1. The highest BCUT2D eigenvalue weighted by atomic mass is 16.6. The summed E-state index contributed by atoms with van der Waals surface area (Å²) in [5, 5.41) is 0. The van der Waals surface area contributed by atoms with Gasteiger partial charge in [-0.15, -0.1) is 0 Å². The standard InChI is InChI=1S/C29H23NO4/c1-33-27-14-8-9-22(21-27)15-20-28(31)23-16-18-26(19-17-23)34-29(32)30(24-10-4-2-5-11-24)25-12-6-3-7-13-25/h2-21H,1H3/b20-15+. The normalized spacial score (nSPS) is 10.6. The third-order valence-corrected chi connectivity index (χ3v) is 5.08. The van der Waals surface area contributed by atoms with E-state index in [4.69, 9.17) is 9.47 Å². The van der Waals surface area contributed by atoms with E-state index in [0.717, 1.165) is 11.3 Å². The smallest absolute Gasteiger partial charge is 0.424 e. The van der Waals surface area contributed by atoms with Crippen LogP contribution in [0.15, 0.2) is 115 Å². The van der Waals surface area contributed by atoms with E-state index in [1.54, 1.807) is 37.5 Å². The lowest BCUT2D eigenvalue weighted by atomic mass is 10.1. The number of rotatable bonds is 7. The second-order valence-corrected chi connectivity index (χ2v) is 7.37. The Morgan fingerprint density at radius 3 is 1.91 bits per heavy atom. The molecule has 5 nitrogen and oxygen atoms in total. The molecular weight excluding hydrogens is 426 g/mol. The lowest BCUT2D eigenvalue weighted by Crippen LogP contribution is -2.29. The molecule has 168 valence electrons. The fraction of sp³-hybridized carbons (Fsp3) is 0.0345. The van der Waals surface area contributed by atoms with Gasteiger partial charge in [-0.2, -0.15) is 0 Å². The Kier molecular flexibility index (Phi) is 7.16. The van der Waals surface area contributed by atoms with Crippen molar-refractivity contribution in [2.24, 2.45) is 0 Å². The number of carbonyl (C=O) groups is 2. The molecule has 0 aliphatic heterocycles. The number of para-hydroxylation sites is 2. The summed E-state index contributed by atoms with van der Waals surface area (Å²) in [5.74, 6) is 0.909. The van der Waals surface area contributed by atoms with Crippen LogP contribution in [0.25, 0.3) is 6.08 Å². The molecular formula is C29H23NO4. The van der Waals surface area contributed by atoms with Crippen LogP contribution in [-0.2, 0) is 0 Å². The molecule has 0 fully saturated rings. The van der Waals surface area contributed by atoms with Gasteiger partial charge in [0.25, 0.3) is 0 Å². The van der Waals surface area contributed by atoms with Crippen LogP contribution in [0.3, 0.4) is 0 Å². The van der Waals surface area contributed by atoms with Crippen LogP contribution in [0, 0.1) is 0 Å². The summed E-state index contributed by atoms with van der Waals surface area (Å²) >= 11 is 0. The highest BCUT2D eigenvalue weighted by Crippen LogP contribution is 2.27. The Bertz CT molecular complexity index is 1240. The number of hydrogen-bond donors (Lipinski definition) is 0. The quantitative estimate of drug-likeness (QED) is 0.227. The molecule has 34 heavy (non-hydrogen) atoms. The van der Waals surface area contributed by atoms with Gasteiger partial charge in [-0.3, -0.25) is 4.79 Å².